The standard InChI is InChI=1S/C20H29NO6/c1-13(2)21(14(3)4)19(22)12-27-20(23)9-8-15-10-17(25-6)18(26-7)11-16(15)24-5/h8-11,13-14H,12H2,1-7H3/b9-8+. The van der Waals surface area contributed by atoms with Crippen molar-refractivity contribution in [3.8, 4) is 17.2 Å². The summed E-state index contributed by atoms with van der Waals surface area (Å²) in [6.45, 7) is 7.38. The van der Waals surface area contributed by atoms with Gasteiger partial charge < -0.3 is 23.8 Å². The average Bonchev–Trinajstić information content (AvgIpc) is 2.63. The van der Waals surface area contributed by atoms with Crippen molar-refractivity contribution in [2.75, 3.05) is 27.9 Å². The van der Waals surface area contributed by atoms with Crippen LogP contribution >= 0.6 is 0 Å². The Balaban J connectivity index is 2.82. The van der Waals surface area contributed by atoms with E-state index in [4.69, 9.17) is 18.9 Å². The minimum absolute atomic E-state index is 0.0303. The molecule has 1 rings (SSSR count). The molecule has 7 heteroatoms. The molecular formula is C20H29NO6. The number of amides is 1. The largest absolute Gasteiger partial charge is 0.496 e. The van der Waals surface area contributed by atoms with Crippen LogP contribution in [0.15, 0.2) is 18.2 Å². The van der Waals surface area contributed by atoms with E-state index in [2.05, 4.69) is 0 Å². The molecule has 27 heavy (non-hydrogen) atoms. The van der Waals surface area contributed by atoms with Crippen LogP contribution < -0.4 is 14.2 Å². The molecule has 0 spiro atoms. The molecule has 0 aliphatic heterocycles. The zero-order chi connectivity index (χ0) is 20.6. The molecule has 1 aromatic rings. The lowest BCUT2D eigenvalue weighted by atomic mass is 10.1. The first-order chi connectivity index (χ1) is 12.7. The van der Waals surface area contributed by atoms with Gasteiger partial charge in [0, 0.05) is 29.8 Å². The van der Waals surface area contributed by atoms with Gasteiger partial charge in [-0.2, -0.15) is 0 Å². The first kappa shape index (κ1) is 22.3. The van der Waals surface area contributed by atoms with E-state index < -0.39 is 5.97 Å². The van der Waals surface area contributed by atoms with Gasteiger partial charge in [-0.25, -0.2) is 4.79 Å². The lowest BCUT2D eigenvalue weighted by Crippen LogP contribution is -2.44. The molecule has 0 saturated carbocycles. The quantitative estimate of drug-likeness (QED) is 0.485. The molecule has 0 heterocycles. The van der Waals surface area contributed by atoms with Crippen LogP contribution in [0.25, 0.3) is 6.08 Å². The Bertz CT molecular complexity index is 673. The number of carbonyl (C=O) groups is 2. The Labute approximate surface area is 160 Å². The summed E-state index contributed by atoms with van der Waals surface area (Å²) in [5.74, 6) is 0.685. The second kappa shape index (κ2) is 10.4. The van der Waals surface area contributed by atoms with Crippen LogP contribution in [0.4, 0.5) is 0 Å². The van der Waals surface area contributed by atoms with Crippen molar-refractivity contribution in [3.05, 3.63) is 23.8 Å². The van der Waals surface area contributed by atoms with Gasteiger partial charge in [0.25, 0.3) is 5.91 Å². The molecule has 7 nitrogen and oxygen atoms in total. The number of esters is 1. The molecule has 0 fully saturated rings. The van der Waals surface area contributed by atoms with Crippen molar-refractivity contribution in [3.63, 3.8) is 0 Å². The van der Waals surface area contributed by atoms with E-state index in [0.29, 0.717) is 22.8 Å². The lowest BCUT2D eigenvalue weighted by molar-refractivity contribution is -0.150. The number of benzene rings is 1. The zero-order valence-corrected chi connectivity index (χ0v) is 17.1. The van der Waals surface area contributed by atoms with Crippen LogP contribution in [-0.2, 0) is 14.3 Å². The average molecular weight is 379 g/mol. The molecular weight excluding hydrogens is 350 g/mol. The summed E-state index contributed by atoms with van der Waals surface area (Å²) in [5, 5.41) is 0. The minimum Gasteiger partial charge on any atom is -0.496 e. The highest BCUT2D eigenvalue weighted by atomic mass is 16.5. The van der Waals surface area contributed by atoms with Gasteiger partial charge in [0.1, 0.15) is 5.75 Å². The van der Waals surface area contributed by atoms with Crippen LogP contribution in [0.5, 0.6) is 17.2 Å². The monoisotopic (exact) mass is 379 g/mol. The van der Waals surface area contributed by atoms with Crippen molar-refractivity contribution >= 4 is 18.0 Å². The predicted molar refractivity (Wildman–Crippen MR) is 103 cm³/mol. The fourth-order valence-corrected chi connectivity index (χ4v) is 2.77. The van der Waals surface area contributed by atoms with E-state index in [-0.39, 0.29) is 24.6 Å². The van der Waals surface area contributed by atoms with Gasteiger partial charge in [-0.15, -0.1) is 0 Å². The molecule has 0 aliphatic carbocycles. The van der Waals surface area contributed by atoms with Crippen LogP contribution in [0.1, 0.15) is 33.3 Å². The van der Waals surface area contributed by atoms with Gasteiger partial charge in [0.15, 0.2) is 18.1 Å². The molecule has 0 saturated heterocycles. The topological polar surface area (TPSA) is 74.3 Å². The summed E-state index contributed by atoms with van der Waals surface area (Å²) in [7, 11) is 4.56. The van der Waals surface area contributed by atoms with E-state index in [1.54, 1.807) is 17.0 Å². The van der Waals surface area contributed by atoms with E-state index >= 15 is 0 Å². The fourth-order valence-electron chi connectivity index (χ4n) is 2.77. The number of nitrogens with zero attached hydrogens (tertiary/aromatic N) is 1. The summed E-state index contributed by atoms with van der Waals surface area (Å²) < 4.78 is 20.8. The smallest absolute Gasteiger partial charge is 0.331 e. The maximum Gasteiger partial charge on any atom is 0.331 e. The third-order valence-electron chi connectivity index (χ3n) is 3.87. The van der Waals surface area contributed by atoms with Gasteiger partial charge in [0.05, 0.1) is 21.3 Å². The second-order valence-corrected chi connectivity index (χ2v) is 6.38. The molecule has 1 amide bonds. The number of hydrogen-bond acceptors (Lipinski definition) is 6. The van der Waals surface area contributed by atoms with Crippen molar-refractivity contribution in [2.45, 2.75) is 39.8 Å². The van der Waals surface area contributed by atoms with Gasteiger partial charge in [-0.3, -0.25) is 4.79 Å². The molecule has 0 radical (unpaired) electrons. The first-order valence-corrected chi connectivity index (χ1v) is 8.71. The molecule has 0 unspecified atom stereocenters. The summed E-state index contributed by atoms with van der Waals surface area (Å²) in [4.78, 5) is 25.9. The number of methoxy groups -OCH3 is 3. The van der Waals surface area contributed by atoms with Crippen molar-refractivity contribution < 1.29 is 28.5 Å². The Morgan fingerprint density at radius 1 is 0.926 bits per heavy atom. The number of rotatable bonds is 9. The van der Waals surface area contributed by atoms with Crippen LogP contribution in [0, 0.1) is 0 Å². The lowest BCUT2D eigenvalue weighted by Gasteiger charge is -2.30. The summed E-state index contributed by atoms with van der Waals surface area (Å²) in [6, 6.07) is 3.41. The van der Waals surface area contributed by atoms with Crippen LogP contribution in [-0.4, -0.2) is 56.8 Å². The fraction of sp³-hybridized carbons (Fsp3) is 0.500. The van der Waals surface area contributed by atoms with Gasteiger partial charge in [0.2, 0.25) is 0 Å². The van der Waals surface area contributed by atoms with Gasteiger partial charge in [-0.05, 0) is 39.8 Å². The first-order valence-electron chi connectivity index (χ1n) is 8.71. The Morgan fingerprint density at radius 2 is 1.44 bits per heavy atom. The predicted octanol–water partition coefficient (Wildman–Crippen LogP) is 2.91. The summed E-state index contributed by atoms with van der Waals surface area (Å²) in [5.41, 5.74) is 0.615. The minimum atomic E-state index is -0.618. The second-order valence-electron chi connectivity index (χ2n) is 6.38. The SMILES string of the molecule is COc1cc(OC)c(OC)cc1/C=C/C(=O)OCC(=O)N(C(C)C)C(C)C. The normalized spacial score (nSPS) is 11.0. The Hall–Kier alpha value is -2.70. The maximum atomic E-state index is 12.2. The maximum absolute atomic E-state index is 12.2. The van der Waals surface area contributed by atoms with Crippen LogP contribution in [0.3, 0.4) is 0 Å². The van der Waals surface area contributed by atoms with E-state index in [1.807, 2.05) is 27.7 Å². The Morgan fingerprint density at radius 3 is 1.93 bits per heavy atom. The summed E-state index contributed by atoms with van der Waals surface area (Å²) in [6.07, 6.45) is 2.78. The van der Waals surface area contributed by atoms with Gasteiger partial charge >= 0.3 is 5.97 Å². The highest BCUT2D eigenvalue weighted by Gasteiger charge is 2.20. The number of ether oxygens (including phenoxy) is 4. The third kappa shape index (κ3) is 6.20. The van der Waals surface area contributed by atoms with Crippen molar-refractivity contribution in [1.82, 2.24) is 4.90 Å². The molecule has 0 bridgehead atoms. The molecule has 0 aliphatic rings. The molecule has 150 valence electrons. The van der Waals surface area contributed by atoms with Gasteiger partial charge in [-0.1, -0.05) is 0 Å². The highest BCUT2D eigenvalue weighted by Crippen LogP contribution is 2.35. The van der Waals surface area contributed by atoms with E-state index in [1.165, 1.54) is 33.5 Å². The Kier molecular flexibility index (Phi) is 8.65. The van der Waals surface area contributed by atoms with Crippen LogP contribution in [0.2, 0.25) is 0 Å². The van der Waals surface area contributed by atoms with E-state index in [0.717, 1.165) is 0 Å². The highest BCUT2D eigenvalue weighted by molar-refractivity contribution is 5.90. The molecule has 1 aromatic carbocycles. The van der Waals surface area contributed by atoms with Crippen molar-refractivity contribution in [1.29, 1.82) is 0 Å². The molecule has 0 atom stereocenters. The number of carbonyl (C=O) groups excluding carboxylic acids is 2. The van der Waals surface area contributed by atoms with E-state index in [9.17, 15) is 9.59 Å². The summed E-state index contributed by atoms with van der Waals surface area (Å²) >= 11 is 0. The number of hydrogen-bond donors (Lipinski definition) is 0. The molecule has 0 aromatic heterocycles. The molecule has 0 N–H and O–H groups in total. The zero-order valence-electron chi connectivity index (χ0n) is 17.1. The third-order valence-corrected chi connectivity index (χ3v) is 3.87. The van der Waals surface area contributed by atoms with Crippen molar-refractivity contribution in [2.24, 2.45) is 0 Å².